The first-order chi connectivity index (χ1) is 29.6. The topological polar surface area (TPSA) is 37.6 Å². The van der Waals surface area contributed by atoms with E-state index in [1.165, 1.54) is 204 Å². The number of hydrogen-bond acceptors (Lipinski definition) is 3. The molecular formula is C57H79Cl2N3V. The van der Waals surface area contributed by atoms with E-state index in [1.807, 2.05) is 0 Å². The Bertz CT molecular complexity index is 1740. The Labute approximate surface area is 407 Å². The molecule has 6 fully saturated rings. The molecule has 6 aliphatic rings. The van der Waals surface area contributed by atoms with E-state index in [0.29, 0.717) is 23.7 Å². The number of hydrogen-bond donors (Lipinski definition) is 0. The van der Waals surface area contributed by atoms with Crippen molar-refractivity contribution in [2.75, 3.05) is 0 Å². The van der Waals surface area contributed by atoms with E-state index in [-0.39, 0.29) is 43.4 Å². The second-order valence-electron chi connectivity index (χ2n) is 20.9. The Kier molecular flexibility index (Phi) is 19.8. The van der Waals surface area contributed by atoms with Gasteiger partial charge in [-0.1, -0.05) is 146 Å². The van der Waals surface area contributed by atoms with Crippen LogP contribution >= 0.6 is 0 Å². The summed E-state index contributed by atoms with van der Waals surface area (Å²) in [4.78, 5) is 17.0. The van der Waals surface area contributed by atoms with E-state index in [1.54, 1.807) is 33.4 Å². The van der Waals surface area contributed by atoms with Crippen molar-refractivity contribution in [2.24, 2.45) is 9.98 Å². The largest absolute Gasteiger partial charge is 2.00 e. The van der Waals surface area contributed by atoms with Gasteiger partial charge in [0.05, 0.1) is 34.2 Å². The Morgan fingerprint density at radius 1 is 0.381 bits per heavy atom. The smallest absolute Gasteiger partial charge is 1.00 e. The summed E-state index contributed by atoms with van der Waals surface area (Å²) in [6, 6.07) is 17.4. The molecule has 0 spiro atoms. The van der Waals surface area contributed by atoms with Crippen molar-refractivity contribution in [2.45, 2.75) is 242 Å². The molecule has 0 unspecified atom stereocenters. The molecule has 2 aromatic carbocycles. The third kappa shape index (κ3) is 12.4. The summed E-state index contributed by atoms with van der Waals surface area (Å²) >= 11 is 0. The van der Waals surface area contributed by atoms with Crippen molar-refractivity contribution in [1.82, 2.24) is 4.98 Å². The van der Waals surface area contributed by atoms with Crippen LogP contribution in [-0.4, -0.2) is 16.4 Å². The van der Waals surface area contributed by atoms with Gasteiger partial charge in [-0.3, -0.25) is 9.98 Å². The molecular weight excluding hydrogens is 848 g/mol. The molecule has 0 atom stereocenters. The second-order valence-corrected chi connectivity index (χ2v) is 20.9. The molecule has 341 valence electrons. The van der Waals surface area contributed by atoms with Crippen LogP contribution in [0.25, 0.3) is 0 Å². The molecule has 0 saturated heterocycles. The van der Waals surface area contributed by atoms with Crippen LogP contribution in [0.15, 0.2) is 52.4 Å². The maximum absolute atomic E-state index is 5.77. The van der Waals surface area contributed by atoms with Gasteiger partial charge in [0, 0.05) is 0 Å². The molecule has 3 nitrogen and oxygen atoms in total. The molecule has 0 bridgehead atoms. The van der Waals surface area contributed by atoms with Crippen LogP contribution in [0.2, 0.25) is 0 Å². The third-order valence-electron chi connectivity index (χ3n) is 16.8. The summed E-state index contributed by atoms with van der Waals surface area (Å²) in [6.45, 7) is 4.49. The van der Waals surface area contributed by atoms with Crippen LogP contribution in [-0.2, 0) is 18.6 Å². The Morgan fingerprint density at radius 3 is 0.873 bits per heavy atom. The van der Waals surface area contributed by atoms with Gasteiger partial charge in [0.15, 0.2) is 0 Å². The molecule has 9 rings (SSSR count). The number of nitrogens with zero attached hydrogens (tertiary/aromatic N) is 3. The van der Waals surface area contributed by atoms with Crippen molar-refractivity contribution >= 4 is 22.8 Å². The van der Waals surface area contributed by atoms with Crippen LogP contribution < -0.4 is 24.8 Å². The fourth-order valence-electron chi connectivity index (χ4n) is 13.2. The summed E-state index contributed by atoms with van der Waals surface area (Å²) in [6.07, 6.45) is 40.8. The van der Waals surface area contributed by atoms with Crippen LogP contribution in [0.4, 0.5) is 11.4 Å². The normalized spacial score (nSPS) is 22.2. The zero-order valence-electron chi connectivity index (χ0n) is 39.3. The minimum Gasteiger partial charge on any atom is -1.00 e. The van der Waals surface area contributed by atoms with Crippen molar-refractivity contribution in [3.63, 3.8) is 0 Å². The fraction of sp³-hybridized carbons (Fsp3) is 0.667. The molecule has 1 radical (unpaired) electrons. The molecule has 1 aromatic heterocycles. The molecule has 0 N–H and O–H groups in total. The first kappa shape index (κ1) is 50.5. The van der Waals surface area contributed by atoms with E-state index in [0.717, 1.165) is 34.6 Å². The Hall–Kier alpha value is -1.91. The molecule has 3 aromatic rings. The Morgan fingerprint density at radius 2 is 0.619 bits per heavy atom. The first-order valence-corrected chi connectivity index (χ1v) is 26.0. The molecule has 1 heterocycles. The maximum atomic E-state index is 5.77. The van der Waals surface area contributed by atoms with Crippen molar-refractivity contribution in [1.29, 1.82) is 0 Å². The van der Waals surface area contributed by atoms with Gasteiger partial charge in [-0.2, -0.15) is 0 Å². The standard InChI is InChI=1S/C57H79N3.2ClH.V/c1-40(58-56-50(44-26-13-5-14-27-44)36-48(42-22-9-3-10-23-42)37-51(56)45-28-15-6-16-29-45)54-34-21-35-55(60-54)41(2)59-57-52(46-30-17-7-18-31-46)38-49(43-24-11-4-12-25-43)39-53(57)47-32-19-8-20-33-47;;;/h21,34-39,42-47H,3-20,22-33H2,1-2H3;2*1H;/q;;;+2/p-2. The van der Waals surface area contributed by atoms with Crippen molar-refractivity contribution < 1.29 is 43.4 Å². The van der Waals surface area contributed by atoms with Gasteiger partial charge in [0.25, 0.3) is 0 Å². The number of halogens is 2. The van der Waals surface area contributed by atoms with Gasteiger partial charge in [-0.05, 0) is 172 Å². The SMILES string of the molecule is CC(=Nc1c(C2CCCCC2)cc(C2CCCCC2)cc1C1CCCCC1)c1cccc(C(C)=Nc2c(C3CCCCC3)cc(C3CCCCC3)cc2C2CCCCC2)n1.[Cl-].[Cl-].[V+2]. The average molecular weight is 928 g/mol. The second kappa shape index (κ2) is 24.7. The molecule has 0 aliphatic heterocycles. The fourth-order valence-corrected chi connectivity index (χ4v) is 13.2. The monoisotopic (exact) mass is 927 g/mol. The summed E-state index contributed by atoms with van der Waals surface area (Å²) in [5, 5.41) is 0. The summed E-state index contributed by atoms with van der Waals surface area (Å²) in [5.74, 6) is 3.97. The van der Waals surface area contributed by atoms with Crippen molar-refractivity contribution in [3.05, 3.63) is 87.2 Å². The van der Waals surface area contributed by atoms with Gasteiger partial charge < -0.3 is 24.8 Å². The molecule has 6 aliphatic carbocycles. The predicted octanol–water partition coefficient (Wildman–Crippen LogP) is 11.7. The number of aromatic nitrogens is 1. The van der Waals surface area contributed by atoms with E-state index < -0.39 is 0 Å². The van der Waals surface area contributed by atoms with Gasteiger partial charge >= 0.3 is 18.6 Å². The first-order valence-electron chi connectivity index (χ1n) is 26.0. The van der Waals surface area contributed by atoms with E-state index >= 15 is 0 Å². The minimum atomic E-state index is 0. The molecule has 6 saturated carbocycles. The van der Waals surface area contributed by atoms with E-state index in [4.69, 9.17) is 15.0 Å². The van der Waals surface area contributed by atoms with E-state index in [2.05, 4.69) is 56.3 Å². The quantitative estimate of drug-likeness (QED) is 0.187. The molecule has 63 heavy (non-hydrogen) atoms. The summed E-state index contributed by atoms with van der Waals surface area (Å²) in [7, 11) is 0. The number of benzene rings is 2. The summed E-state index contributed by atoms with van der Waals surface area (Å²) < 4.78 is 0. The number of rotatable bonds is 10. The maximum Gasteiger partial charge on any atom is 2.00 e. The van der Waals surface area contributed by atoms with Crippen LogP contribution in [0, 0.1) is 0 Å². The predicted molar refractivity (Wildman–Crippen MR) is 256 cm³/mol. The summed E-state index contributed by atoms with van der Waals surface area (Å²) in [5.41, 5.74) is 16.4. The van der Waals surface area contributed by atoms with Crippen molar-refractivity contribution in [3.8, 4) is 0 Å². The molecule has 0 amide bonds. The van der Waals surface area contributed by atoms with Crippen LogP contribution in [0.1, 0.15) is 287 Å². The number of pyridine rings is 1. The Balaban J connectivity index is 0.00000220. The minimum absolute atomic E-state index is 0. The van der Waals surface area contributed by atoms with Crippen LogP contribution in [0.3, 0.4) is 0 Å². The average Bonchev–Trinajstić information content (AvgIpc) is 3.33. The number of aliphatic imine (C=N–C) groups is 2. The van der Waals surface area contributed by atoms with Gasteiger partial charge in [-0.25, -0.2) is 4.98 Å². The van der Waals surface area contributed by atoms with Gasteiger partial charge in [-0.15, -0.1) is 0 Å². The zero-order chi connectivity index (χ0) is 40.7. The van der Waals surface area contributed by atoms with E-state index in [9.17, 15) is 0 Å². The van der Waals surface area contributed by atoms with Gasteiger partial charge in [0.1, 0.15) is 0 Å². The zero-order valence-corrected chi connectivity index (χ0v) is 42.2. The van der Waals surface area contributed by atoms with Gasteiger partial charge in [0.2, 0.25) is 0 Å². The molecule has 6 heteroatoms. The third-order valence-corrected chi connectivity index (χ3v) is 16.8. The van der Waals surface area contributed by atoms with Crippen LogP contribution in [0.5, 0.6) is 0 Å².